The number of nitrogens with two attached hydrogens (primary N) is 2. The third-order valence-corrected chi connectivity index (χ3v) is 3.92. The predicted molar refractivity (Wildman–Crippen MR) is 90.2 cm³/mol. The van der Waals surface area contributed by atoms with Crippen molar-refractivity contribution >= 4 is 22.5 Å². The lowest BCUT2D eigenvalue weighted by Gasteiger charge is -2.11. The fourth-order valence-electron chi connectivity index (χ4n) is 2.74. The fraction of sp³-hybridized carbons (Fsp3) is 0.0625. The van der Waals surface area contributed by atoms with Crippen LogP contribution < -0.4 is 16.2 Å². The van der Waals surface area contributed by atoms with E-state index in [0.717, 1.165) is 5.56 Å². The summed E-state index contributed by atoms with van der Waals surface area (Å²) in [6.07, 6.45) is 4.85. The number of fused-ring (bicyclic) bond motifs is 1. The van der Waals surface area contributed by atoms with E-state index >= 15 is 0 Å². The van der Waals surface area contributed by atoms with Gasteiger partial charge in [0.2, 0.25) is 0 Å². The van der Waals surface area contributed by atoms with E-state index in [2.05, 4.69) is 20.3 Å². The number of nitrogen functional groups attached to an aromatic ring is 2. The molecule has 0 atom stereocenters. The van der Waals surface area contributed by atoms with Crippen LogP contribution in [0.5, 0.6) is 5.75 Å². The highest BCUT2D eigenvalue weighted by molar-refractivity contribution is 6.05. The van der Waals surface area contributed by atoms with Gasteiger partial charge in [0.15, 0.2) is 23.0 Å². The quantitative estimate of drug-likeness (QED) is 0.489. The average molecular weight is 340 g/mol. The number of aromatic amines is 1. The van der Waals surface area contributed by atoms with Gasteiger partial charge < -0.3 is 20.7 Å². The van der Waals surface area contributed by atoms with Gasteiger partial charge in [0.25, 0.3) is 0 Å². The first-order valence-electron chi connectivity index (χ1n) is 7.27. The maximum Gasteiger partial charge on any atom is 0.180 e. The van der Waals surface area contributed by atoms with Crippen molar-refractivity contribution in [3.05, 3.63) is 36.5 Å². The molecular weight excluding hydrogens is 327 g/mol. The van der Waals surface area contributed by atoms with Crippen molar-refractivity contribution in [3.8, 4) is 28.1 Å². The molecule has 8 nitrogen and oxygen atoms in total. The molecule has 5 N–H and O–H groups in total. The van der Waals surface area contributed by atoms with Crippen LogP contribution in [0.1, 0.15) is 0 Å². The van der Waals surface area contributed by atoms with Gasteiger partial charge in [0, 0.05) is 29.1 Å². The lowest BCUT2D eigenvalue weighted by Crippen LogP contribution is -1.99. The second-order valence-corrected chi connectivity index (χ2v) is 5.33. The zero-order chi connectivity index (χ0) is 17.6. The molecule has 0 aliphatic rings. The van der Waals surface area contributed by atoms with Crippen molar-refractivity contribution in [2.45, 2.75) is 0 Å². The number of ether oxygens (including phenoxy) is 1. The van der Waals surface area contributed by atoms with Crippen LogP contribution in [0, 0.1) is 5.82 Å². The predicted octanol–water partition coefficient (Wildman–Crippen LogP) is 2.59. The Morgan fingerprint density at radius 1 is 1.20 bits per heavy atom. The number of hydrogen-bond acceptors (Lipinski definition) is 7. The van der Waals surface area contributed by atoms with Gasteiger partial charge >= 0.3 is 0 Å². The molecule has 0 fully saturated rings. The number of nitrogens with zero attached hydrogens (tertiary/aromatic N) is 3. The molecule has 4 rings (SSSR count). The summed E-state index contributed by atoms with van der Waals surface area (Å²) in [7, 11) is 1.34. The van der Waals surface area contributed by atoms with Gasteiger partial charge in [-0.25, -0.2) is 4.39 Å². The molecule has 1 aromatic carbocycles. The molecule has 4 aromatic rings. The molecule has 0 amide bonds. The van der Waals surface area contributed by atoms with E-state index in [9.17, 15) is 4.39 Å². The number of halogens is 1. The van der Waals surface area contributed by atoms with E-state index in [4.69, 9.17) is 20.7 Å². The highest BCUT2D eigenvalue weighted by Gasteiger charge is 2.22. The number of aromatic nitrogens is 4. The van der Waals surface area contributed by atoms with Crippen LogP contribution in [-0.4, -0.2) is 27.4 Å². The molecule has 0 spiro atoms. The number of hydrogen-bond donors (Lipinski definition) is 3. The van der Waals surface area contributed by atoms with Gasteiger partial charge in [0.1, 0.15) is 0 Å². The summed E-state index contributed by atoms with van der Waals surface area (Å²) < 4.78 is 25.2. The van der Waals surface area contributed by atoms with E-state index in [-0.39, 0.29) is 28.5 Å². The van der Waals surface area contributed by atoms with Crippen LogP contribution in [0.15, 0.2) is 35.2 Å². The summed E-state index contributed by atoms with van der Waals surface area (Å²) in [5.41, 5.74) is 14.1. The summed E-state index contributed by atoms with van der Waals surface area (Å²) in [6, 6.07) is 3.05. The number of anilines is 2. The molecule has 0 saturated carbocycles. The number of nitrogens with one attached hydrogen (secondary N) is 1. The van der Waals surface area contributed by atoms with Gasteiger partial charge in [-0.15, -0.1) is 0 Å². The van der Waals surface area contributed by atoms with Crippen LogP contribution in [0.25, 0.3) is 33.4 Å². The van der Waals surface area contributed by atoms with Crippen molar-refractivity contribution in [3.63, 3.8) is 0 Å². The smallest absolute Gasteiger partial charge is 0.180 e. The molecule has 25 heavy (non-hydrogen) atoms. The molecular formula is C16H13FN6O2. The van der Waals surface area contributed by atoms with Gasteiger partial charge in [-0.1, -0.05) is 5.16 Å². The topological polar surface area (TPSA) is 129 Å². The lowest BCUT2D eigenvalue weighted by molar-refractivity contribution is 0.389. The zero-order valence-corrected chi connectivity index (χ0v) is 13.1. The fourth-order valence-corrected chi connectivity index (χ4v) is 2.74. The Morgan fingerprint density at radius 2 is 2.04 bits per heavy atom. The first-order valence-corrected chi connectivity index (χ1v) is 7.27. The monoisotopic (exact) mass is 340 g/mol. The van der Waals surface area contributed by atoms with Crippen LogP contribution in [0.3, 0.4) is 0 Å². The van der Waals surface area contributed by atoms with Gasteiger partial charge in [-0.2, -0.15) is 5.10 Å². The Bertz CT molecular complexity index is 1070. The van der Waals surface area contributed by atoms with Crippen LogP contribution in [-0.2, 0) is 0 Å². The van der Waals surface area contributed by atoms with Crippen molar-refractivity contribution in [2.75, 3.05) is 18.6 Å². The number of H-pyrrole nitrogens is 1. The second kappa shape index (κ2) is 5.48. The minimum absolute atomic E-state index is 0.0543. The summed E-state index contributed by atoms with van der Waals surface area (Å²) in [6.45, 7) is 0. The summed E-state index contributed by atoms with van der Waals surface area (Å²) >= 11 is 0. The molecule has 3 aromatic heterocycles. The third kappa shape index (κ3) is 2.17. The van der Waals surface area contributed by atoms with Crippen LogP contribution in [0.2, 0.25) is 0 Å². The molecule has 3 heterocycles. The SMILES string of the molecule is COc1c(N)ccc(-c2ncc(-c3cn[nH]c3)c3onc(N)c23)c1F. The normalized spacial score (nSPS) is 11.1. The van der Waals surface area contributed by atoms with Gasteiger partial charge in [-0.05, 0) is 12.1 Å². The minimum Gasteiger partial charge on any atom is -0.492 e. The largest absolute Gasteiger partial charge is 0.492 e. The molecule has 9 heteroatoms. The van der Waals surface area contributed by atoms with Crippen molar-refractivity contribution in [2.24, 2.45) is 0 Å². The Labute approximate surface area is 140 Å². The molecule has 0 aliphatic heterocycles. The van der Waals surface area contributed by atoms with E-state index in [0.29, 0.717) is 16.5 Å². The Hall–Kier alpha value is -3.62. The van der Waals surface area contributed by atoms with Gasteiger partial charge in [-0.3, -0.25) is 10.1 Å². The standard InChI is InChI=1S/C16H13FN6O2/c1-24-15-10(18)3-2-8(12(15)17)13-11-14(25-23-16(11)19)9(6-20-13)7-4-21-22-5-7/h2-6H,18H2,1H3,(H2,19,23)(H,21,22). The zero-order valence-electron chi connectivity index (χ0n) is 13.1. The summed E-state index contributed by atoms with van der Waals surface area (Å²) in [5, 5.41) is 10.8. The molecule has 0 aliphatic carbocycles. The number of benzene rings is 1. The summed E-state index contributed by atoms with van der Waals surface area (Å²) in [4.78, 5) is 4.37. The molecule has 0 radical (unpaired) electrons. The number of methoxy groups -OCH3 is 1. The second-order valence-electron chi connectivity index (χ2n) is 5.33. The van der Waals surface area contributed by atoms with Crippen molar-refractivity contribution < 1.29 is 13.7 Å². The molecule has 0 unspecified atom stereocenters. The Morgan fingerprint density at radius 3 is 2.76 bits per heavy atom. The number of pyridine rings is 1. The number of rotatable bonds is 3. The summed E-state index contributed by atoms with van der Waals surface area (Å²) in [5.74, 6) is -0.576. The highest BCUT2D eigenvalue weighted by Crippen LogP contribution is 2.40. The first-order chi connectivity index (χ1) is 12.1. The van der Waals surface area contributed by atoms with E-state index in [1.807, 2.05) is 0 Å². The van der Waals surface area contributed by atoms with Crippen LogP contribution in [0.4, 0.5) is 15.9 Å². The van der Waals surface area contributed by atoms with Crippen molar-refractivity contribution in [1.82, 2.24) is 20.3 Å². The molecule has 0 bridgehead atoms. The van der Waals surface area contributed by atoms with E-state index in [1.54, 1.807) is 24.7 Å². The Kier molecular flexibility index (Phi) is 3.27. The maximum absolute atomic E-state index is 14.8. The van der Waals surface area contributed by atoms with Crippen LogP contribution >= 0.6 is 0 Å². The average Bonchev–Trinajstić information content (AvgIpc) is 3.26. The van der Waals surface area contributed by atoms with Crippen molar-refractivity contribution in [1.29, 1.82) is 0 Å². The lowest BCUT2D eigenvalue weighted by atomic mass is 10.0. The third-order valence-electron chi connectivity index (χ3n) is 3.92. The molecule has 0 saturated heterocycles. The van der Waals surface area contributed by atoms with Gasteiger partial charge in [0.05, 0.1) is 30.1 Å². The van der Waals surface area contributed by atoms with E-state index < -0.39 is 5.82 Å². The molecule has 126 valence electrons. The first kappa shape index (κ1) is 14.9. The minimum atomic E-state index is -0.632. The maximum atomic E-state index is 14.8. The van der Waals surface area contributed by atoms with E-state index in [1.165, 1.54) is 13.2 Å². The highest BCUT2D eigenvalue weighted by atomic mass is 19.1. The Balaban J connectivity index is 2.02.